The van der Waals surface area contributed by atoms with Gasteiger partial charge in [-0.1, -0.05) is 35.9 Å². The topological polar surface area (TPSA) is 12.0 Å². The summed E-state index contributed by atoms with van der Waals surface area (Å²) in [7, 11) is 0. The highest BCUT2D eigenvalue weighted by Gasteiger charge is 1.93. The summed E-state index contributed by atoms with van der Waals surface area (Å²) in [4.78, 5) is 0. The van der Waals surface area contributed by atoms with Crippen molar-refractivity contribution in [2.24, 2.45) is 0 Å². The lowest BCUT2D eigenvalue weighted by atomic mass is 10.2. The molecule has 2 rings (SSSR count). The third-order valence-electron chi connectivity index (χ3n) is 2.13. The van der Waals surface area contributed by atoms with Crippen LogP contribution in [0.5, 0.6) is 0 Å². The van der Waals surface area contributed by atoms with Crippen LogP contribution in [0.1, 0.15) is 5.56 Å². The minimum Gasteiger partial charge on any atom is -0.381 e. The highest BCUT2D eigenvalue weighted by atomic mass is 35.5. The van der Waals surface area contributed by atoms with Crippen molar-refractivity contribution >= 4 is 17.3 Å². The maximum atomic E-state index is 5.80. The van der Waals surface area contributed by atoms with E-state index in [-0.39, 0.29) is 0 Å². The van der Waals surface area contributed by atoms with Crippen molar-refractivity contribution in [3.63, 3.8) is 0 Å². The molecule has 1 radical (unpaired) electrons. The quantitative estimate of drug-likeness (QED) is 0.824. The number of rotatable bonds is 3. The van der Waals surface area contributed by atoms with E-state index >= 15 is 0 Å². The summed E-state index contributed by atoms with van der Waals surface area (Å²) in [5, 5.41) is 4.07. The van der Waals surface area contributed by atoms with Crippen molar-refractivity contribution in [1.82, 2.24) is 0 Å². The lowest BCUT2D eigenvalue weighted by Crippen LogP contribution is -1.98. The number of anilines is 1. The van der Waals surface area contributed by atoms with Crippen molar-refractivity contribution in [3.05, 3.63) is 65.2 Å². The smallest absolute Gasteiger partial charge is 0.0407 e. The highest BCUT2D eigenvalue weighted by Crippen LogP contribution is 2.14. The fourth-order valence-corrected chi connectivity index (χ4v) is 1.44. The molecule has 2 aromatic rings. The monoisotopic (exact) mass is 216 g/mol. The van der Waals surface area contributed by atoms with Crippen LogP contribution in [0.2, 0.25) is 5.02 Å². The third kappa shape index (κ3) is 3.00. The molecule has 0 spiro atoms. The predicted octanol–water partition coefficient (Wildman–Crippen LogP) is 3.75. The maximum Gasteiger partial charge on any atom is 0.0407 e. The molecule has 0 saturated carbocycles. The molecule has 0 aliphatic rings. The first-order chi connectivity index (χ1) is 7.34. The van der Waals surface area contributed by atoms with E-state index < -0.39 is 0 Å². The van der Waals surface area contributed by atoms with E-state index in [0.29, 0.717) is 0 Å². The van der Waals surface area contributed by atoms with Gasteiger partial charge in [0.2, 0.25) is 0 Å². The van der Waals surface area contributed by atoms with E-state index in [1.165, 1.54) is 5.56 Å². The van der Waals surface area contributed by atoms with E-state index in [2.05, 4.69) is 11.4 Å². The Morgan fingerprint density at radius 3 is 2.33 bits per heavy atom. The largest absolute Gasteiger partial charge is 0.381 e. The molecule has 15 heavy (non-hydrogen) atoms. The molecule has 0 aliphatic heterocycles. The van der Waals surface area contributed by atoms with Crippen LogP contribution in [-0.4, -0.2) is 0 Å². The molecule has 1 nitrogen and oxygen atoms in total. The molecular formula is C13H11ClN. The van der Waals surface area contributed by atoms with Crippen LogP contribution in [0, 0.1) is 6.07 Å². The van der Waals surface area contributed by atoms with Crippen LogP contribution in [0.3, 0.4) is 0 Å². The first-order valence-corrected chi connectivity index (χ1v) is 5.17. The maximum absolute atomic E-state index is 5.80. The average Bonchev–Trinajstić information content (AvgIpc) is 2.30. The summed E-state index contributed by atoms with van der Waals surface area (Å²) in [5.41, 5.74) is 2.32. The van der Waals surface area contributed by atoms with Crippen LogP contribution >= 0.6 is 11.6 Å². The van der Waals surface area contributed by atoms with Crippen molar-refractivity contribution < 1.29 is 0 Å². The van der Waals surface area contributed by atoms with Gasteiger partial charge in [-0.05, 0) is 35.9 Å². The van der Waals surface area contributed by atoms with E-state index in [1.54, 1.807) is 0 Å². The molecular weight excluding hydrogens is 206 g/mol. The van der Waals surface area contributed by atoms with Gasteiger partial charge in [-0.15, -0.1) is 0 Å². The zero-order chi connectivity index (χ0) is 10.5. The number of benzene rings is 2. The molecule has 0 unspecified atom stereocenters. The van der Waals surface area contributed by atoms with Crippen LogP contribution < -0.4 is 5.32 Å². The molecule has 0 aromatic heterocycles. The second-order valence-corrected chi connectivity index (χ2v) is 3.71. The van der Waals surface area contributed by atoms with Crippen molar-refractivity contribution in [3.8, 4) is 0 Å². The van der Waals surface area contributed by atoms with Crippen LogP contribution in [0.15, 0.2) is 48.5 Å². The molecule has 2 heteroatoms. The minimum absolute atomic E-state index is 0.759. The Bertz CT molecular complexity index is 408. The lowest BCUT2D eigenvalue weighted by molar-refractivity contribution is 1.15. The first-order valence-electron chi connectivity index (χ1n) is 4.79. The lowest BCUT2D eigenvalue weighted by Gasteiger charge is -2.05. The van der Waals surface area contributed by atoms with Gasteiger partial charge in [-0.3, -0.25) is 0 Å². The van der Waals surface area contributed by atoms with Crippen molar-refractivity contribution in [2.45, 2.75) is 6.54 Å². The number of halogens is 1. The highest BCUT2D eigenvalue weighted by molar-refractivity contribution is 6.30. The Morgan fingerprint density at radius 2 is 1.67 bits per heavy atom. The summed E-state index contributed by atoms with van der Waals surface area (Å²) in [6.45, 7) is 0.816. The summed E-state index contributed by atoms with van der Waals surface area (Å²) < 4.78 is 0. The zero-order valence-electron chi connectivity index (χ0n) is 8.20. The van der Waals surface area contributed by atoms with Gasteiger partial charge in [-0.25, -0.2) is 0 Å². The van der Waals surface area contributed by atoms with Gasteiger partial charge in [0, 0.05) is 17.3 Å². The molecule has 75 valence electrons. The Balaban J connectivity index is 1.96. The van der Waals surface area contributed by atoms with Gasteiger partial charge in [0.05, 0.1) is 0 Å². The number of nitrogens with one attached hydrogen (secondary N) is 1. The van der Waals surface area contributed by atoms with Crippen molar-refractivity contribution in [1.29, 1.82) is 0 Å². The number of hydrogen-bond acceptors (Lipinski definition) is 1. The molecule has 0 saturated heterocycles. The third-order valence-corrected chi connectivity index (χ3v) is 2.38. The Labute approximate surface area is 94.7 Å². The standard InChI is InChI=1S/C13H11ClN/c14-12-6-8-13(9-7-12)15-10-11-4-2-1-3-5-11/h2-9,15H,10H2. The second kappa shape index (κ2) is 4.85. The molecule has 0 aliphatic carbocycles. The predicted molar refractivity (Wildman–Crippen MR) is 64.1 cm³/mol. The van der Waals surface area contributed by atoms with E-state index in [9.17, 15) is 0 Å². The Hall–Kier alpha value is -1.47. The summed E-state index contributed by atoms with van der Waals surface area (Å²) >= 11 is 5.80. The molecule has 0 heterocycles. The minimum atomic E-state index is 0.759. The van der Waals surface area contributed by atoms with Gasteiger partial charge < -0.3 is 5.32 Å². The molecule has 0 bridgehead atoms. The summed E-state index contributed by atoms with van der Waals surface area (Å²) in [6, 6.07) is 18.6. The molecule has 0 atom stereocenters. The SMILES string of the molecule is Clc1ccc(NCc2cc[c]cc2)cc1. The molecule has 1 N–H and O–H groups in total. The van der Waals surface area contributed by atoms with E-state index in [4.69, 9.17) is 11.6 Å². The van der Waals surface area contributed by atoms with Crippen molar-refractivity contribution in [2.75, 3.05) is 5.32 Å². The molecule has 2 aromatic carbocycles. The molecule has 0 amide bonds. The van der Waals surface area contributed by atoms with Gasteiger partial charge >= 0.3 is 0 Å². The number of hydrogen-bond donors (Lipinski definition) is 1. The van der Waals surface area contributed by atoms with E-state index in [1.807, 2.05) is 48.5 Å². The Kier molecular flexibility index (Phi) is 3.25. The normalized spacial score (nSPS) is 9.93. The molecule has 0 fully saturated rings. The fraction of sp³-hybridized carbons (Fsp3) is 0.0769. The fourth-order valence-electron chi connectivity index (χ4n) is 1.31. The Morgan fingerprint density at radius 1 is 1.00 bits per heavy atom. The van der Waals surface area contributed by atoms with E-state index in [0.717, 1.165) is 17.3 Å². The second-order valence-electron chi connectivity index (χ2n) is 3.27. The van der Waals surface area contributed by atoms with Crippen LogP contribution in [0.4, 0.5) is 5.69 Å². The van der Waals surface area contributed by atoms with Gasteiger partial charge in [0.15, 0.2) is 0 Å². The average molecular weight is 217 g/mol. The summed E-state index contributed by atoms with van der Waals surface area (Å²) in [5.74, 6) is 0. The van der Waals surface area contributed by atoms with Crippen LogP contribution in [-0.2, 0) is 6.54 Å². The summed E-state index contributed by atoms with van der Waals surface area (Å²) in [6.07, 6.45) is 0. The van der Waals surface area contributed by atoms with Gasteiger partial charge in [0.25, 0.3) is 0 Å². The zero-order valence-corrected chi connectivity index (χ0v) is 8.96. The van der Waals surface area contributed by atoms with Gasteiger partial charge in [0.1, 0.15) is 0 Å². The first kappa shape index (κ1) is 10.1. The van der Waals surface area contributed by atoms with Gasteiger partial charge in [-0.2, -0.15) is 0 Å². The van der Waals surface area contributed by atoms with Crippen LogP contribution in [0.25, 0.3) is 0 Å².